The smallest absolute Gasteiger partial charge is 0.309 e. The number of aliphatic hydroxyl groups is 1. The summed E-state index contributed by atoms with van der Waals surface area (Å²) in [6.07, 6.45) is 3.99. The molecular weight excluding hydrogens is 425 g/mol. The lowest BCUT2D eigenvalue weighted by molar-refractivity contribution is -0.150. The van der Waals surface area contributed by atoms with Gasteiger partial charge < -0.3 is 20.1 Å². The van der Waals surface area contributed by atoms with Gasteiger partial charge in [-0.3, -0.25) is 9.59 Å². The molecule has 9 heteroatoms. The molecule has 2 saturated carbocycles. The predicted molar refractivity (Wildman–Crippen MR) is 113 cm³/mol. The number of hydrogen-bond acceptors (Lipinski definition) is 4. The Kier molecular flexibility index (Phi) is 5.55. The molecule has 3 N–H and O–H groups in total. The fourth-order valence-corrected chi connectivity index (χ4v) is 5.48. The number of hydrogen-bond donors (Lipinski definition) is 3. The van der Waals surface area contributed by atoms with Gasteiger partial charge >= 0.3 is 5.97 Å². The number of carbonyl (C=O) groups excluding carboxylic acids is 1. The number of nitrogens with zero attached hydrogens (tertiary/aromatic N) is 2. The van der Waals surface area contributed by atoms with Crippen molar-refractivity contribution in [3.63, 3.8) is 0 Å². The number of benzene rings is 1. The van der Waals surface area contributed by atoms with Crippen LogP contribution in [-0.4, -0.2) is 37.2 Å². The number of aliphatic carboxylic acids is 1. The van der Waals surface area contributed by atoms with E-state index in [9.17, 15) is 24.2 Å². The second-order valence-electron chi connectivity index (χ2n) is 8.93. The lowest BCUT2D eigenvalue weighted by Gasteiger charge is -2.28. The van der Waals surface area contributed by atoms with Gasteiger partial charge in [-0.1, -0.05) is 11.6 Å². The Balaban J connectivity index is 1.50. The van der Waals surface area contributed by atoms with Crippen LogP contribution in [0.2, 0.25) is 5.02 Å². The lowest BCUT2D eigenvalue weighted by Crippen LogP contribution is -2.39. The highest BCUT2D eigenvalue weighted by atomic mass is 35.5. The summed E-state index contributed by atoms with van der Waals surface area (Å²) in [5, 5.41) is 22.8. The summed E-state index contributed by atoms with van der Waals surface area (Å²) in [5.74, 6) is -2.25. The van der Waals surface area contributed by atoms with E-state index in [0.29, 0.717) is 29.9 Å². The number of carboxylic acid groups (broad SMARTS) is 1. The molecule has 1 aromatic heterocycles. The van der Waals surface area contributed by atoms with Crippen molar-refractivity contribution in [1.82, 2.24) is 9.55 Å². The number of carboxylic acids is 1. The molecule has 1 amide bonds. The normalized spacial score (nSPS) is 28.4. The number of imidazole rings is 1. The van der Waals surface area contributed by atoms with E-state index in [2.05, 4.69) is 10.3 Å². The molecule has 2 fully saturated rings. The first-order chi connectivity index (χ1) is 14.6. The lowest BCUT2D eigenvalue weighted by atomic mass is 9.83. The van der Waals surface area contributed by atoms with Gasteiger partial charge in [0.05, 0.1) is 28.6 Å². The highest BCUT2D eigenvalue weighted by molar-refractivity contribution is 6.31. The van der Waals surface area contributed by atoms with Gasteiger partial charge in [0.15, 0.2) is 0 Å². The van der Waals surface area contributed by atoms with Gasteiger partial charge in [0.25, 0.3) is 5.91 Å². The van der Waals surface area contributed by atoms with Crippen LogP contribution in [0.25, 0.3) is 0 Å². The second kappa shape index (κ2) is 7.91. The number of carbonyl (C=O) groups is 2. The van der Waals surface area contributed by atoms with Crippen LogP contribution in [0, 0.1) is 23.6 Å². The Morgan fingerprint density at radius 3 is 2.55 bits per heavy atom. The maximum absolute atomic E-state index is 13.4. The molecule has 2 aliphatic carbocycles. The zero-order valence-electron chi connectivity index (χ0n) is 17.3. The third kappa shape index (κ3) is 3.94. The van der Waals surface area contributed by atoms with Crippen LogP contribution in [0.3, 0.4) is 0 Å². The minimum Gasteiger partial charge on any atom is -0.481 e. The van der Waals surface area contributed by atoms with E-state index in [1.807, 2.05) is 0 Å². The maximum Gasteiger partial charge on any atom is 0.309 e. The molecule has 0 radical (unpaired) electrons. The highest BCUT2D eigenvalue weighted by Gasteiger charge is 2.53. The van der Waals surface area contributed by atoms with Crippen molar-refractivity contribution < 1.29 is 24.2 Å². The van der Waals surface area contributed by atoms with E-state index in [1.54, 1.807) is 24.9 Å². The molecule has 3 atom stereocenters. The molecule has 0 aliphatic heterocycles. The topological polar surface area (TPSA) is 104 Å². The summed E-state index contributed by atoms with van der Waals surface area (Å²) in [6, 6.07) is 3.99. The molecule has 0 saturated heterocycles. The number of anilines is 1. The Hall–Kier alpha value is -2.45. The van der Waals surface area contributed by atoms with Crippen molar-refractivity contribution in [3.8, 4) is 0 Å². The first-order valence-electron chi connectivity index (χ1n) is 10.3. The third-order valence-electron chi connectivity index (χ3n) is 6.99. The molecule has 31 heavy (non-hydrogen) atoms. The van der Waals surface area contributed by atoms with Gasteiger partial charge in [-0.15, -0.1) is 0 Å². The Labute approximate surface area is 184 Å². The molecule has 1 heterocycles. The fraction of sp³-hybridized carbons (Fsp3) is 0.500. The van der Waals surface area contributed by atoms with Crippen molar-refractivity contribution in [2.45, 2.75) is 44.1 Å². The fourth-order valence-electron chi connectivity index (χ4n) is 5.30. The molecule has 3 unspecified atom stereocenters. The van der Waals surface area contributed by atoms with Crippen LogP contribution in [0.1, 0.15) is 54.7 Å². The third-order valence-corrected chi connectivity index (χ3v) is 7.28. The van der Waals surface area contributed by atoms with Crippen molar-refractivity contribution in [1.29, 1.82) is 0 Å². The molecule has 2 aliphatic rings. The van der Waals surface area contributed by atoms with Crippen LogP contribution in [0.15, 0.2) is 24.5 Å². The van der Waals surface area contributed by atoms with Crippen molar-refractivity contribution in [2.24, 2.45) is 24.8 Å². The Morgan fingerprint density at radius 1 is 1.32 bits per heavy atom. The van der Waals surface area contributed by atoms with Crippen molar-refractivity contribution in [3.05, 3.63) is 46.8 Å². The average Bonchev–Trinajstić information content (AvgIpc) is 3.35. The SMILES string of the molecule is CC(C(=O)O)C1(O)CC2CC(c3ncn(C)c3C(=O)Nc3ccc(F)c(Cl)c3)CC2C1. The molecule has 1 aromatic carbocycles. The minimum atomic E-state index is -1.18. The molecule has 166 valence electrons. The summed E-state index contributed by atoms with van der Waals surface area (Å²) in [7, 11) is 1.74. The van der Waals surface area contributed by atoms with Gasteiger partial charge in [-0.05, 0) is 62.6 Å². The maximum atomic E-state index is 13.4. The standard InChI is InChI=1S/C22H25ClFN3O4/c1-11(21(29)30)22(31)8-13-5-12(6-14(13)9-22)18-19(27(2)10-25-18)20(28)26-15-3-4-17(24)16(23)7-15/h3-4,7,10-14,31H,5-6,8-9H2,1-2H3,(H,26,28)(H,29,30). The van der Waals surface area contributed by atoms with Gasteiger partial charge in [0.2, 0.25) is 0 Å². The number of fused-ring (bicyclic) bond motifs is 1. The minimum absolute atomic E-state index is 0.0541. The highest BCUT2D eigenvalue weighted by Crippen LogP contribution is 2.55. The average molecular weight is 450 g/mol. The zero-order chi connectivity index (χ0) is 22.5. The second-order valence-corrected chi connectivity index (χ2v) is 9.34. The van der Waals surface area contributed by atoms with E-state index >= 15 is 0 Å². The molecule has 7 nitrogen and oxygen atoms in total. The van der Waals surface area contributed by atoms with Crippen molar-refractivity contribution in [2.75, 3.05) is 5.32 Å². The van der Waals surface area contributed by atoms with Crippen LogP contribution < -0.4 is 5.32 Å². The number of halogens is 2. The summed E-state index contributed by atoms with van der Waals surface area (Å²) < 4.78 is 15.1. The Morgan fingerprint density at radius 2 is 1.97 bits per heavy atom. The summed E-state index contributed by atoms with van der Waals surface area (Å²) >= 11 is 5.81. The van der Waals surface area contributed by atoms with Crippen molar-refractivity contribution >= 4 is 29.2 Å². The molecule has 0 spiro atoms. The largest absolute Gasteiger partial charge is 0.481 e. The number of rotatable bonds is 5. The van der Waals surface area contributed by atoms with Gasteiger partial charge in [-0.2, -0.15) is 0 Å². The summed E-state index contributed by atoms with van der Waals surface area (Å²) in [5.41, 5.74) is 0.328. The zero-order valence-corrected chi connectivity index (χ0v) is 18.1. The quantitative estimate of drug-likeness (QED) is 0.643. The monoisotopic (exact) mass is 449 g/mol. The van der Waals surface area contributed by atoms with E-state index < -0.39 is 23.3 Å². The Bertz CT molecular complexity index is 1030. The summed E-state index contributed by atoms with van der Waals surface area (Å²) in [6.45, 7) is 1.56. The molecule has 2 aromatic rings. The number of amides is 1. The number of aromatic nitrogens is 2. The van der Waals surface area contributed by atoms with E-state index in [-0.39, 0.29) is 28.7 Å². The molecule has 4 rings (SSSR count). The van der Waals surface area contributed by atoms with E-state index in [4.69, 9.17) is 11.6 Å². The number of nitrogens with one attached hydrogen (secondary N) is 1. The molecule has 0 bridgehead atoms. The first-order valence-corrected chi connectivity index (χ1v) is 10.7. The predicted octanol–water partition coefficient (Wildman–Crippen LogP) is 3.82. The number of aryl methyl sites for hydroxylation is 1. The van der Waals surface area contributed by atoms with Crippen LogP contribution in [0.5, 0.6) is 0 Å². The first kappa shape index (κ1) is 21.8. The van der Waals surface area contributed by atoms with Crippen LogP contribution >= 0.6 is 11.6 Å². The van der Waals surface area contributed by atoms with Gasteiger partial charge in [0.1, 0.15) is 11.5 Å². The van der Waals surface area contributed by atoms with E-state index in [0.717, 1.165) is 12.8 Å². The summed E-state index contributed by atoms with van der Waals surface area (Å²) in [4.78, 5) is 28.8. The van der Waals surface area contributed by atoms with E-state index in [1.165, 1.54) is 18.2 Å². The molecular formula is C22H25ClFN3O4. The van der Waals surface area contributed by atoms with Crippen LogP contribution in [-0.2, 0) is 11.8 Å². The van der Waals surface area contributed by atoms with Gasteiger partial charge in [0, 0.05) is 18.7 Å². The van der Waals surface area contributed by atoms with Gasteiger partial charge in [-0.25, -0.2) is 9.37 Å². The van der Waals surface area contributed by atoms with Crippen LogP contribution in [0.4, 0.5) is 10.1 Å².